The van der Waals surface area contributed by atoms with Gasteiger partial charge in [0.25, 0.3) is 0 Å². The molecule has 0 saturated heterocycles. The summed E-state index contributed by atoms with van der Waals surface area (Å²) in [7, 11) is 0. The number of nitrogens with zero attached hydrogens (tertiary/aromatic N) is 1. The first-order valence-electron chi connectivity index (χ1n) is 9.32. The van der Waals surface area contributed by atoms with Crippen LogP contribution in [0.15, 0.2) is 24.3 Å². The second-order valence-electron chi connectivity index (χ2n) is 7.48. The number of aromatic nitrogens is 1. The number of carbonyl (C=O) groups is 1. The van der Waals surface area contributed by atoms with Crippen LogP contribution in [0.5, 0.6) is 0 Å². The average Bonchev–Trinajstić information content (AvgIpc) is 2.86. The Hall–Kier alpha value is -1.78. The van der Waals surface area contributed by atoms with Crippen molar-refractivity contribution >= 4 is 17.6 Å². The molecule has 5 heteroatoms. The minimum Gasteiger partial charge on any atom is -0.478 e. The van der Waals surface area contributed by atoms with Gasteiger partial charge < -0.3 is 15.0 Å². The van der Waals surface area contributed by atoms with Crippen molar-refractivity contribution in [3.63, 3.8) is 0 Å². The van der Waals surface area contributed by atoms with Crippen LogP contribution < -0.4 is 5.32 Å². The molecule has 0 unspecified atom stereocenters. The minimum absolute atomic E-state index is 0.411. The Morgan fingerprint density at radius 2 is 1.77 bits per heavy atom. The Balaban J connectivity index is 1.90. The van der Waals surface area contributed by atoms with Gasteiger partial charge in [0.2, 0.25) is 0 Å². The van der Waals surface area contributed by atoms with Crippen LogP contribution in [-0.4, -0.2) is 21.7 Å². The van der Waals surface area contributed by atoms with E-state index >= 15 is 0 Å². The van der Waals surface area contributed by atoms with Crippen molar-refractivity contribution in [3.8, 4) is 5.69 Å². The fourth-order valence-corrected chi connectivity index (χ4v) is 4.21. The first-order valence-corrected chi connectivity index (χ1v) is 9.69. The first kappa shape index (κ1) is 19.0. The number of hydrogen-bond acceptors (Lipinski definition) is 2. The standard InChI is InChI=1S/C21H27ClN2O2/c1-13-4-8-17(9-5-13)23-12-19-14(2)24(15(3)20(19)21(25)26)18-10-6-16(22)7-11-18/h6-7,10-11,13,17,23H,4-5,8-9,12H2,1-3H3,(H,25,26). The summed E-state index contributed by atoms with van der Waals surface area (Å²) in [4.78, 5) is 11.9. The molecule has 1 saturated carbocycles. The van der Waals surface area contributed by atoms with E-state index in [-0.39, 0.29) is 0 Å². The van der Waals surface area contributed by atoms with E-state index < -0.39 is 5.97 Å². The number of halogens is 1. The van der Waals surface area contributed by atoms with Crippen molar-refractivity contribution in [2.24, 2.45) is 5.92 Å². The van der Waals surface area contributed by atoms with Crippen LogP contribution in [0.1, 0.15) is 59.9 Å². The van der Waals surface area contributed by atoms with Gasteiger partial charge in [0.15, 0.2) is 0 Å². The van der Waals surface area contributed by atoms with Gasteiger partial charge in [-0.3, -0.25) is 0 Å². The van der Waals surface area contributed by atoms with Gasteiger partial charge >= 0.3 is 5.97 Å². The monoisotopic (exact) mass is 374 g/mol. The molecule has 2 N–H and O–H groups in total. The number of carboxylic acids is 1. The number of aromatic carboxylic acids is 1. The lowest BCUT2D eigenvalue weighted by molar-refractivity contribution is 0.0694. The largest absolute Gasteiger partial charge is 0.478 e. The maximum absolute atomic E-state index is 11.9. The number of nitrogens with one attached hydrogen (secondary N) is 1. The first-order chi connectivity index (χ1) is 12.4. The van der Waals surface area contributed by atoms with Gasteiger partial charge in [0, 0.05) is 40.2 Å². The van der Waals surface area contributed by atoms with E-state index in [4.69, 9.17) is 11.6 Å². The van der Waals surface area contributed by atoms with E-state index in [1.165, 1.54) is 25.7 Å². The smallest absolute Gasteiger partial charge is 0.337 e. The van der Waals surface area contributed by atoms with E-state index in [1.807, 2.05) is 42.7 Å². The quantitative estimate of drug-likeness (QED) is 0.764. The summed E-state index contributed by atoms with van der Waals surface area (Å²) in [6.45, 7) is 6.76. The zero-order chi connectivity index (χ0) is 18.8. The van der Waals surface area contributed by atoms with Gasteiger partial charge in [-0.1, -0.05) is 18.5 Å². The highest BCUT2D eigenvalue weighted by molar-refractivity contribution is 6.30. The van der Waals surface area contributed by atoms with E-state index in [0.29, 0.717) is 23.2 Å². The lowest BCUT2D eigenvalue weighted by Crippen LogP contribution is -2.32. The summed E-state index contributed by atoms with van der Waals surface area (Å²) >= 11 is 6.00. The summed E-state index contributed by atoms with van der Waals surface area (Å²) in [5, 5.41) is 14.1. The second-order valence-corrected chi connectivity index (χ2v) is 7.92. The maximum Gasteiger partial charge on any atom is 0.337 e. The highest BCUT2D eigenvalue weighted by Crippen LogP contribution is 2.28. The van der Waals surface area contributed by atoms with Crippen LogP contribution >= 0.6 is 11.6 Å². The third-order valence-electron chi connectivity index (χ3n) is 5.65. The summed E-state index contributed by atoms with van der Waals surface area (Å²) < 4.78 is 2.01. The Kier molecular flexibility index (Phi) is 5.73. The van der Waals surface area contributed by atoms with Gasteiger partial charge in [-0.15, -0.1) is 0 Å². The number of benzene rings is 1. The lowest BCUT2D eigenvalue weighted by atomic mass is 9.87. The minimum atomic E-state index is -0.868. The fraction of sp³-hybridized carbons (Fsp3) is 0.476. The van der Waals surface area contributed by atoms with Crippen molar-refractivity contribution in [3.05, 3.63) is 51.8 Å². The Labute approximate surface area is 160 Å². The fourth-order valence-electron chi connectivity index (χ4n) is 4.09. The maximum atomic E-state index is 11.9. The highest BCUT2D eigenvalue weighted by atomic mass is 35.5. The van der Waals surface area contributed by atoms with Crippen LogP contribution in [0.25, 0.3) is 5.69 Å². The van der Waals surface area contributed by atoms with E-state index in [9.17, 15) is 9.90 Å². The van der Waals surface area contributed by atoms with Crippen molar-refractivity contribution in [1.29, 1.82) is 0 Å². The van der Waals surface area contributed by atoms with Gasteiger partial charge in [0.1, 0.15) is 0 Å². The summed E-state index contributed by atoms with van der Waals surface area (Å²) in [5.41, 5.74) is 3.95. The molecule has 1 fully saturated rings. The molecule has 1 aliphatic rings. The normalized spacial score (nSPS) is 20.3. The Morgan fingerprint density at radius 1 is 1.15 bits per heavy atom. The molecule has 26 heavy (non-hydrogen) atoms. The van der Waals surface area contributed by atoms with Crippen molar-refractivity contribution in [2.75, 3.05) is 0 Å². The second kappa shape index (κ2) is 7.85. The molecule has 0 bridgehead atoms. The summed E-state index contributed by atoms with van der Waals surface area (Å²) in [5.74, 6) is -0.0648. The predicted molar refractivity (Wildman–Crippen MR) is 105 cm³/mol. The van der Waals surface area contributed by atoms with E-state index in [2.05, 4.69) is 12.2 Å². The SMILES string of the molecule is Cc1c(CNC2CCC(C)CC2)c(C(=O)O)c(C)n1-c1ccc(Cl)cc1. The Bertz CT molecular complexity index is 787. The van der Waals surface area contributed by atoms with Crippen molar-refractivity contribution in [1.82, 2.24) is 9.88 Å². The summed E-state index contributed by atoms with van der Waals surface area (Å²) in [6, 6.07) is 7.99. The molecule has 4 nitrogen and oxygen atoms in total. The molecule has 1 aromatic heterocycles. The van der Waals surface area contributed by atoms with E-state index in [0.717, 1.165) is 28.6 Å². The molecule has 0 aliphatic heterocycles. The molecule has 1 heterocycles. The van der Waals surface area contributed by atoms with Gasteiger partial charge in [0.05, 0.1) is 5.56 Å². The molecule has 1 aromatic carbocycles. The van der Waals surface area contributed by atoms with Crippen LogP contribution in [-0.2, 0) is 6.54 Å². The molecule has 1 aliphatic carbocycles. The zero-order valence-electron chi connectivity index (χ0n) is 15.7. The molecule has 0 amide bonds. The molecule has 140 valence electrons. The Morgan fingerprint density at radius 3 is 2.35 bits per heavy atom. The van der Waals surface area contributed by atoms with Crippen molar-refractivity contribution < 1.29 is 9.90 Å². The zero-order valence-corrected chi connectivity index (χ0v) is 16.4. The highest BCUT2D eigenvalue weighted by Gasteiger charge is 2.25. The molecule has 2 aromatic rings. The third kappa shape index (κ3) is 3.81. The molecular weight excluding hydrogens is 348 g/mol. The number of rotatable bonds is 5. The van der Waals surface area contributed by atoms with Crippen LogP contribution in [0.2, 0.25) is 5.02 Å². The topological polar surface area (TPSA) is 54.3 Å². The number of carboxylic acid groups (broad SMARTS) is 1. The molecule has 0 radical (unpaired) electrons. The van der Waals surface area contributed by atoms with Crippen LogP contribution in [0.4, 0.5) is 0 Å². The molecule has 3 rings (SSSR count). The van der Waals surface area contributed by atoms with Crippen LogP contribution in [0.3, 0.4) is 0 Å². The van der Waals surface area contributed by atoms with Gasteiger partial charge in [-0.2, -0.15) is 0 Å². The van der Waals surface area contributed by atoms with Gasteiger partial charge in [-0.25, -0.2) is 4.79 Å². The lowest BCUT2D eigenvalue weighted by Gasteiger charge is -2.27. The molecular formula is C21H27ClN2O2. The average molecular weight is 375 g/mol. The third-order valence-corrected chi connectivity index (χ3v) is 5.91. The molecule has 0 spiro atoms. The van der Waals surface area contributed by atoms with Crippen LogP contribution in [0, 0.1) is 19.8 Å². The number of hydrogen-bond donors (Lipinski definition) is 2. The van der Waals surface area contributed by atoms with Gasteiger partial charge in [-0.05, 0) is 69.7 Å². The molecule has 0 atom stereocenters. The van der Waals surface area contributed by atoms with E-state index in [1.54, 1.807) is 0 Å². The summed E-state index contributed by atoms with van der Waals surface area (Å²) in [6.07, 6.45) is 4.82. The van der Waals surface area contributed by atoms with Crippen molar-refractivity contribution in [2.45, 2.75) is 59.0 Å². The predicted octanol–water partition coefficient (Wildman–Crippen LogP) is 5.11.